The molecule has 5 nitrogen and oxygen atoms in total. The van der Waals surface area contributed by atoms with Crippen LogP contribution in [-0.4, -0.2) is 21.9 Å². The Morgan fingerprint density at radius 3 is 3.00 bits per heavy atom. The van der Waals surface area contributed by atoms with Crippen molar-refractivity contribution in [2.75, 3.05) is 11.7 Å². The molecule has 19 heavy (non-hydrogen) atoms. The Labute approximate surface area is 119 Å². The van der Waals surface area contributed by atoms with E-state index in [1.54, 1.807) is 11.8 Å². The largest absolute Gasteiger partial charge is 0.482 e. The van der Waals surface area contributed by atoms with E-state index in [4.69, 9.17) is 9.15 Å². The number of nitrogens with zero attached hydrogens (tertiary/aromatic N) is 1. The Hall–Kier alpha value is -1.34. The van der Waals surface area contributed by atoms with Crippen LogP contribution in [-0.2, 0) is 5.75 Å². The number of nitrogens with one attached hydrogen (secondary N) is 1. The van der Waals surface area contributed by atoms with Gasteiger partial charge in [-0.3, -0.25) is 0 Å². The monoisotopic (exact) mass is 298 g/mol. The zero-order valence-corrected chi connectivity index (χ0v) is 12.1. The van der Waals surface area contributed by atoms with E-state index in [0.29, 0.717) is 17.6 Å². The van der Waals surface area contributed by atoms with Crippen LogP contribution in [0.4, 0.5) is 0 Å². The third kappa shape index (κ3) is 4.36. The van der Waals surface area contributed by atoms with Crippen LogP contribution in [0.5, 0.6) is 5.75 Å². The van der Waals surface area contributed by atoms with Crippen molar-refractivity contribution in [2.45, 2.75) is 17.6 Å². The third-order valence-electron chi connectivity index (χ3n) is 2.15. The topological polar surface area (TPSA) is 68.1 Å². The first-order chi connectivity index (χ1) is 9.29. The summed E-state index contributed by atoms with van der Waals surface area (Å²) in [6, 6.07) is 7.94. The second kappa shape index (κ2) is 7.30. The number of para-hydroxylation sites is 1. The molecule has 1 N–H and O–H groups in total. The summed E-state index contributed by atoms with van der Waals surface area (Å²) in [6.07, 6.45) is 0. The summed E-state index contributed by atoms with van der Waals surface area (Å²) in [5.74, 6) is 2.73. The van der Waals surface area contributed by atoms with E-state index in [1.165, 1.54) is 11.8 Å². The first kappa shape index (κ1) is 14.1. The number of thioether (sulfide) groups is 2. The number of hydrogen-bond acceptors (Lipinski definition) is 6. The smallest absolute Gasteiger partial charge is 0.434 e. The van der Waals surface area contributed by atoms with Gasteiger partial charge in [0.2, 0.25) is 5.89 Å². The standard InChI is InChI=1S/C12H14N2O3S2/c1-2-19-10-6-4-3-5-9(10)16-8-18-7-11-13-14-12(15)17-11/h3-6H,2,7-8H2,1H3,(H,14,15). The predicted octanol–water partition coefficient (Wildman–Crippen LogP) is 2.74. The summed E-state index contributed by atoms with van der Waals surface area (Å²) in [5, 5.41) is 5.95. The Bertz CT molecular complexity index is 568. The van der Waals surface area contributed by atoms with E-state index in [2.05, 4.69) is 17.1 Å². The molecule has 0 aliphatic rings. The molecule has 0 aliphatic carbocycles. The van der Waals surface area contributed by atoms with E-state index in [1.807, 2.05) is 24.3 Å². The summed E-state index contributed by atoms with van der Waals surface area (Å²) >= 11 is 3.24. The van der Waals surface area contributed by atoms with Crippen molar-refractivity contribution in [1.82, 2.24) is 10.2 Å². The van der Waals surface area contributed by atoms with E-state index in [-0.39, 0.29) is 0 Å². The molecule has 2 rings (SSSR count). The van der Waals surface area contributed by atoms with E-state index in [0.717, 1.165) is 16.4 Å². The molecule has 0 unspecified atom stereocenters. The van der Waals surface area contributed by atoms with Gasteiger partial charge in [0.25, 0.3) is 0 Å². The van der Waals surface area contributed by atoms with Crippen LogP contribution in [0.3, 0.4) is 0 Å². The fourth-order valence-corrected chi connectivity index (χ4v) is 2.75. The minimum atomic E-state index is -0.527. The second-order valence-corrected chi connectivity index (χ2v) is 5.74. The molecule has 2 aromatic rings. The molecular formula is C12H14N2O3S2. The van der Waals surface area contributed by atoms with Crippen molar-refractivity contribution < 1.29 is 9.15 Å². The molecule has 0 atom stereocenters. The van der Waals surface area contributed by atoms with Gasteiger partial charge in [0.15, 0.2) is 0 Å². The second-order valence-electron chi connectivity index (χ2n) is 3.50. The van der Waals surface area contributed by atoms with Crippen molar-refractivity contribution in [3.63, 3.8) is 0 Å². The molecule has 102 valence electrons. The van der Waals surface area contributed by atoms with E-state index in [9.17, 15) is 4.79 Å². The highest BCUT2D eigenvalue weighted by atomic mass is 32.2. The zero-order valence-electron chi connectivity index (χ0n) is 10.4. The summed E-state index contributed by atoms with van der Waals surface area (Å²) < 4.78 is 10.5. The zero-order chi connectivity index (χ0) is 13.5. The molecule has 0 aliphatic heterocycles. The van der Waals surface area contributed by atoms with Gasteiger partial charge in [-0.05, 0) is 17.9 Å². The van der Waals surface area contributed by atoms with Crippen molar-refractivity contribution in [3.05, 3.63) is 40.7 Å². The molecule has 0 saturated carbocycles. The SMILES string of the molecule is CCSc1ccccc1OCSCc1n[nH]c(=O)o1. The summed E-state index contributed by atoms with van der Waals surface area (Å²) in [6.45, 7) is 2.11. The molecule has 0 saturated heterocycles. The maximum Gasteiger partial charge on any atom is 0.434 e. The minimum absolute atomic E-state index is 0.384. The Balaban J connectivity index is 1.80. The van der Waals surface area contributed by atoms with Crippen LogP contribution in [0.15, 0.2) is 38.4 Å². The van der Waals surface area contributed by atoms with Crippen LogP contribution in [0.1, 0.15) is 12.8 Å². The maximum atomic E-state index is 10.7. The molecule has 0 fully saturated rings. The molecule has 1 aromatic carbocycles. The van der Waals surface area contributed by atoms with Crippen LogP contribution in [0.25, 0.3) is 0 Å². The lowest BCUT2D eigenvalue weighted by atomic mass is 10.3. The first-order valence-corrected chi connectivity index (χ1v) is 7.90. The Morgan fingerprint density at radius 1 is 1.42 bits per heavy atom. The van der Waals surface area contributed by atoms with Crippen LogP contribution >= 0.6 is 23.5 Å². The number of hydrogen-bond donors (Lipinski definition) is 1. The van der Waals surface area contributed by atoms with Crippen LogP contribution in [0.2, 0.25) is 0 Å². The molecule has 0 radical (unpaired) electrons. The number of H-pyrrole nitrogens is 1. The normalized spacial score (nSPS) is 10.6. The minimum Gasteiger partial charge on any atom is -0.482 e. The molecule has 1 heterocycles. The Morgan fingerprint density at radius 2 is 2.26 bits per heavy atom. The number of rotatable bonds is 7. The molecule has 7 heteroatoms. The highest BCUT2D eigenvalue weighted by Gasteiger charge is 2.04. The Kier molecular flexibility index (Phi) is 5.41. The lowest BCUT2D eigenvalue weighted by molar-refractivity contribution is 0.383. The maximum absolute atomic E-state index is 10.7. The third-order valence-corrected chi connectivity index (χ3v) is 3.83. The number of aromatic amines is 1. The van der Waals surface area contributed by atoms with Gasteiger partial charge in [-0.1, -0.05) is 19.1 Å². The predicted molar refractivity (Wildman–Crippen MR) is 76.8 cm³/mol. The lowest BCUT2D eigenvalue weighted by Gasteiger charge is -2.09. The molecule has 0 bridgehead atoms. The lowest BCUT2D eigenvalue weighted by Crippen LogP contribution is -1.95. The van der Waals surface area contributed by atoms with Gasteiger partial charge in [-0.15, -0.1) is 28.6 Å². The number of ether oxygens (including phenoxy) is 1. The first-order valence-electron chi connectivity index (χ1n) is 5.76. The average Bonchev–Trinajstić information content (AvgIpc) is 2.83. The summed E-state index contributed by atoms with van der Waals surface area (Å²) in [7, 11) is 0. The van der Waals surface area contributed by atoms with Gasteiger partial charge < -0.3 is 9.15 Å². The van der Waals surface area contributed by atoms with Crippen molar-refractivity contribution in [2.24, 2.45) is 0 Å². The molecule has 1 aromatic heterocycles. The van der Waals surface area contributed by atoms with Gasteiger partial charge >= 0.3 is 5.76 Å². The van der Waals surface area contributed by atoms with Gasteiger partial charge in [0.1, 0.15) is 11.7 Å². The number of benzene rings is 1. The van der Waals surface area contributed by atoms with Crippen LogP contribution in [0, 0.1) is 0 Å². The van der Waals surface area contributed by atoms with Gasteiger partial charge in [-0.25, -0.2) is 9.89 Å². The van der Waals surface area contributed by atoms with Crippen molar-refractivity contribution >= 4 is 23.5 Å². The molecule has 0 spiro atoms. The molecular weight excluding hydrogens is 284 g/mol. The van der Waals surface area contributed by atoms with Crippen LogP contribution < -0.4 is 10.5 Å². The van der Waals surface area contributed by atoms with Gasteiger partial charge in [0, 0.05) is 4.90 Å². The van der Waals surface area contributed by atoms with E-state index >= 15 is 0 Å². The summed E-state index contributed by atoms with van der Waals surface area (Å²) in [5.41, 5.74) is 0. The summed E-state index contributed by atoms with van der Waals surface area (Å²) in [4.78, 5) is 11.9. The quantitative estimate of drug-likeness (QED) is 0.481. The van der Waals surface area contributed by atoms with Crippen molar-refractivity contribution in [3.8, 4) is 5.75 Å². The van der Waals surface area contributed by atoms with Gasteiger partial charge in [0.05, 0.1) is 5.75 Å². The highest BCUT2D eigenvalue weighted by Crippen LogP contribution is 2.29. The van der Waals surface area contributed by atoms with Crippen molar-refractivity contribution in [1.29, 1.82) is 0 Å². The highest BCUT2D eigenvalue weighted by molar-refractivity contribution is 7.99. The van der Waals surface area contributed by atoms with E-state index < -0.39 is 5.76 Å². The average molecular weight is 298 g/mol. The number of aromatic nitrogens is 2. The fourth-order valence-electron chi connectivity index (χ4n) is 1.40. The fraction of sp³-hybridized carbons (Fsp3) is 0.333. The van der Waals surface area contributed by atoms with Gasteiger partial charge in [-0.2, -0.15) is 0 Å². The molecule has 0 amide bonds.